The van der Waals surface area contributed by atoms with E-state index >= 15 is 0 Å². The predicted molar refractivity (Wildman–Crippen MR) is 98.7 cm³/mol. The van der Waals surface area contributed by atoms with Crippen LogP contribution in [0.25, 0.3) is 10.9 Å². The Hall–Kier alpha value is -3.32. The Morgan fingerprint density at radius 2 is 1.92 bits per heavy atom. The molecule has 0 N–H and O–H groups in total. The van der Waals surface area contributed by atoms with Crippen LogP contribution in [0.1, 0.15) is 17.2 Å². The normalized spacial score (nSPS) is 15.7. The zero-order chi connectivity index (χ0) is 17.4. The number of pyridine rings is 1. The summed E-state index contributed by atoms with van der Waals surface area (Å²) in [7, 11) is 3.98. The summed E-state index contributed by atoms with van der Waals surface area (Å²) in [6.07, 6.45) is 1.54. The molecule has 122 valence electrons. The summed E-state index contributed by atoms with van der Waals surface area (Å²) in [5.74, 6) is 0.555. The first-order valence-electron chi connectivity index (χ1n) is 8.11. The van der Waals surface area contributed by atoms with Crippen molar-refractivity contribution >= 4 is 16.6 Å². The molecule has 0 aliphatic carbocycles. The number of hydrogen-bond acceptors (Lipinski definition) is 4. The van der Waals surface area contributed by atoms with E-state index in [4.69, 9.17) is 9.72 Å². The number of allylic oxidation sites excluding steroid dienone is 1. The molecule has 0 radical (unpaired) electrons. The molecule has 2 heterocycles. The number of nitriles is 1. The topological polar surface area (TPSA) is 49.1 Å². The van der Waals surface area contributed by atoms with Gasteiger partial charge in [0.25, 0.3) is 0 Å². The van der Waals surface area contributed by atoms with Crippen LogP contribution in [-0.2, 0) is 0 Å². The third-order valence-electron chi connectivity index (χ3n) is 4.49. The number of rotatable bonds is 2. The van der Waals surface area contributed by atoms with Gasteiger partial charge in [-0.25, -0.2) is 0 Å². The standard InChI is InChI=1S/C21H17N3O/c1-24(2)16-8-9-17-20(11-16)25-13-15(12-22)21(17)19-10-7-14-5-3-4-6-18(14)23-19/h3-11,13,21H,1-2H3. The molecule has 0 fully saturated rings. The highest BCUT2D eigenvalue weighted by Gasteiger charge is 2.28. The number of anilines is 1. The van der Waals surface area contributed by atoms with E-state index in [1.165, 1.54) is 0 Å². The maximum atomic E-state index is 9.57. The molecular formula is C21H17N3O. The van der Waals surface area contributed by atoms with Gasteiger partial charge in [-0.2, -0.15) is 5.26 Å². The van der Waals surface area contributed by atoms with Gasteiger partial charge in [-0.05, 0) is 18.2 Å². The first-order valence-corrected chi connectivity index (χ1v) is 8.11. The fraction of sp³-hybridized carbons (Fsp3) is 0.143. The minimum atomic E-state index is -0.213. The lowest BCUT2D eigenvalue weighted by atomic mass is 9.86. The third kappa shape index (κ3) is 2.60. The summed E-state index contributed by atoms with van der Waals surface area (Å²) in [4.78, 5) is 6.82. The highest BCUT2D eigenvalue weighted by molar-refractivity contribution is 5.78. The molecule has 25 heavy (non-hydrogen) atoms. The van der Waals surface area contributed by atoms with E-state index in [2.05, 4.69) is 12.1 Å². The molecule has 1 aliphatic heterocycles. The molecule has 4 nitrogen and oxygen atoms in total. The van der Waals surface area contributed by atoms with Crippen molar-refractivity contribution < 1.29 is 4.74 Å². The van der Waals surface area contributed by atoms with Crippen LogP contribution in [0, 0.1) is 11.3 Å². The van der Waals surface area contributed by atoms with Gasteiger partial charge in [0.05, 0.1) is 28.8 Å². The van der Waals surface area contributed by atoms with Crippen LogP contribution in [0.4, 0.5) is 5.69 Å². The quantitative estimate of drug-likeness (QED) is 0.706. The van der Waals surface area contributed by atoms with E-state index in [1.807, 2.05) is 67.5 Å². The SMILES string of the molecule is CN(C)c1ccc2c(c1)OC=C(C#N)C2c1ccc2ccccc2n1. The van der Waals surface area contributed by atoms with Crippen LogP contribution in [0.2, 0.25) is 0 Å². The van der Waals surface area contributed by atoms with Gasteiger partial charge in [0, 0.05) is 36.8 Å². The third-order valence-corrected chi connectivity index (χ3v) is 4.49. The lowest BCUT2D eigenvalue weighted by Gasteiger charge is -2.25. The van der Waals surface area contributed by atoms with Crippen LogP contribution >= 0.6 is 0 Å². The van der Waals surface area contributed by atoms with Crippen LogP contribution in [0.15, 0.2) is 66.4 Å². The molecular weight excluding hydrogens is 310 g/mol. The summed E-state index contributed by atoms with van der Waals surface area (Å²) >= 11 is 0. The number of ether oxygens (including phenoxy) is 1. The molecule has 0 saturated carbocycles. The minimum absolute atomic E-state index is 0.213. The lowest BCUT2D eigenvalue weighted by Crippen LogP contribution is -2.14. The predicted octanol–water partition coefficient (Wildman–Crippen LogP) is 4.23. The Balaban J connectivity index is 1.87. The average Bonchev–Trinajstić information content (AvgIpc) is 2.66. The van der Waals surface area contributed by atoms with Crippen molar-refractivity contribution in [3.05, 3.63) is 77.7 Å². The van der Waals surface area contributed by atoms with Crippen molar-refractivity contribution in [3.63, 3.8) is 0 Å². The van der Waals surface area contributed by atoms with Gasteiger partial charge in [0.2, 0.25) is 0 Å². The van der Waals surface area contributed by atoms with Crippen LogP contribution in [-0.4, -0.2) is 19.1 Å². The maximum Gasteiger partial charge on any atom is 0.132 e. The highest BCUT2D eigenvalue weighted by atomic mass is 16.5. The van der Waals surface area contributed by atoms with Crippen LogP contribution in [0.5, 0.6) is 5.75 Å². The van der Waals surface area contributed by atoms with Gasteiger partial charge in [-0.15, -0.1) is 0 Å². The molecule has 2 aromatic carbocycles. The molecule has 1 atom stereocenters. The Bertz CT molecular complexity index is 1030. The van der Waals surface area contributed by atoms with Crippen molar-refractivity contribution in [1.82, 2.24) is 4.98 Å². The number of aromatic nitrogens is 1. The number of benzene rings is 2. The number of hydrogen-bond donors (Lipinski definition) is 0. The van der Waals surface area contributed by atoms with E-state index < -0.39 is 0 Å². The summed E-state index contributed by atoms with van der Waals surface area (Å²) in [5.41, 5.74) is 4.36. The van der Waals surface area contributed by atoms with Crippen LogP contribution < -0.4 is 9.64 Å². The fourth-order valence-corrected chi connectivity index (χ4v) is 3.16. The Labute approximate surface area is 146 Å². The first kappa shape index (κ1) is 15.2. The van der Waals surface area contributed by atoms with Gasteiger partial charge >= 0.3 is 0 Å². The largest absolute Gasteiger partial charge is 0.464 e. The van der Waals surface area contributed by atoms with Crippen LogP contribution in [0.3, 0.4) is 0 Å². The summed E-state index contributed by atoms with van der Waals surface area (Å²) in [6.45, 7) is 0. The van der Waals surface area contributed by atoms with Crippen molar-refractivity contribution in [1.29, 1.82) is 5.26 Å². The highest BCUT2D eigenvalue weighted by Crippen LogP contribution is 2.41. The molecule has 3 aromatic rings. The molecule has 0 bridgehead atoms. The fourth-order valence-electron chi connectivity index (χ4n) is 3.16. The molecule has 1 aromatic heterocycles. The van der Waals surface area contributed by atoms with Crippen molar-refractivity contribution in [3.8, 4) is 11.8 Å². The molecule has 0 spiro atoms. The zero-order valence-corrected chi connectivity index (χ0v) is 14.1. The Kier molecular flexibility index (Phi) is 3.62. The second-order valence-electron chi connectivity index (χ2n) is 6.28. The number of para-hydroxylation sites is 1. The van der Waals surface area contributed by atoms with Crippen molar-refractivity contribution in [2.45, 2.75) is 5.92 Å². The van der Waals surface area contributed by atoms with E-state index in [0.717, 1.165) is 33.6 Å². The molecule has 0 amide bonds. The second-order valence-corrected chi connectivity index (χ2v) is 6.28. The number of fused-ring (bicyclic) bond motifs is 2. The molecule has 4 rings (SSSR count). The molecule has 4 heteroatoms. The maximum absolute atomic E-state index is 9.57. The smallest absolute Gasteiger partial charge is 0.132 e. The average molecular weight is 327 g/mol. The van der Waals surface area contributed by atoms with Gasteiger partial charge in [-0.1, -0.05) is 30.3 Å². The minimum Gasteiger partial charge on any atom is -0.464 e. The Morgan fingerprint density at radius 3 is 2.72 bits per heavy atom. The lowest BCUT2D eigenvalue weighted by molar-refractivity contribution is 0.453. The Morgan fingerprint density at radius 1 is 1.08 bits per heavy atom. The van der Waals surface area contributed by atoms with E-state index in [9.17, 15) is 5.26 Å². The summed E-state index contributed by atoms with van der Waals surface area (Å²) < 4.78 is 5.72. The summed E-state index contributed by atoms with van der Waals surface area (Å²) in [6, 6.07) is 20.4. The first-order chi connectivity index (χ1) is 12.2. The molecule has 1 unspecified atom stereocenters. The van der Waals surface area contributed by atoms with E-state index in [1.54, 1.807) is 6.26 Å². The van der Waals surface area contributed by atoms with Gasteiger partial charge < -0.3 is 9.64 Å². The second kappa shape index (κ2) is 5.95. The van der Waals surface area contributed by atoms with E-state index in [-0.39, 0.29) is 5.92 Å². The van der Waals surface area contributed by atoms with Gasteiger partial charge in [0.1, 0.15) is 12.0 Å². The molecule has 0 saturated heterocycles. The van der Waals surface area contributed by atoms with E-state index in [0.29, 0.717) is 5.57 Å². The zero-order valence-electron chi connectivity index (χ0n) is 14.1. The van der Waals surface area contributed by atoms with Crippen molar-refractivity contribution in [2.24, 2.45) is 0 Å². The summed E-state index contributed by atoms with van der Waals surface area (Å²) in [5, 5.41) is 10.7. The molecule has 1 aliphatic rings. The van der Waals surface area contributed by atoms with Gasteiger partial charge in [0.15, 0.2) is 0 Å². The van der Waals surface area contributed by atoms with Gasteiger partial charge in [-0.3, -0.25) is 4.98 Å². The monoisotopic (exact) mass is 327 g/mol. The number of nitrogens with zero attached hydrogens (tertiary/aromatic N) is 3. The van der Waals surface area contributed by atoms with Crippen molar-refractivity contribution in [2.75, 3.05) is 19.0 Å².